The Morgan fingerprint density at radius 2 is 1.86 bits per heavy atom. The summed E-state index contributed by atoms with van der Waals surface area (Å²) >= 11 is 0. The summed E-state index contributed by atoms with van der Waals surface area (Å²) in [6, 6.07) is 1.64. The molecule has 0 radical (unpaired) electrons. The SMILES string of the molecule is O=C(O)c1cncc(N2CCN(C(=O)C3CCC3)CC2)c1. The van der Waals surface area contributed by atoms with E-state index in [2.05, 4.69) is 9.88 Å². The molecule has 0 atom stereocenters. The fraction of sp³-hybridized carbons (Fsp3) is 0.533. The molecule has 1 amide bonds. The van der Waals surface area contributed by atoms with Gasteiger partial charge in [0.2, 0.25) is 5.91 Å². The molecule has 0 unspecified atom stereocenters. The first kappa shape index (κ1) is 13.9. The highest BCUT2D eigenvalue weighted by Crippen LogP contribution is 2.29. The molecule has 1 aliphatic heterocycles. The minimum Gasteiger partial charge on any atom is -0.478 e. The van der Waals surface area contributed by atoms with Crippen LogP contribution in [0.2, 0.25) is 0 Å². The van der Waals surface area contributed by atoms with Crippen molar-refractivity contribution in [1.82, 2.24) is 9.88 Å². The van der Waals surface area contributed by atoms with Gasteiger partial charge in [0.05, 0.1) is 17.4 Å². The summed E-state index contributed by atoms with van der Waals surface area (Å²) in [6.45, 7) is 2.85. The molecule has 1 aromatic rings. The fourth-order valence-corrected chi connectivity index (χ4v) is 2.82. The smallest absolute Gasteiger partial charge is 0.337 e. The molecule has 1 N–H and O–H groups in total. The first-order valence-corrected chi connectivity index (χ1v) is 7.37. The Kier molecular flexibility index (Phi) is 3.77. The minimum atomic E-state index is -0.969. The topological polar surface area (TPSA) is 73.7 Å². The summed E-state index contributed by atoms with van der Waals surface area (Å²) in [5.74, 6) is -0.435. The van der Waals surface area contributed by atoms with Gasteiger partial charge in [-0.2, -0.15) is 0 Å². The van der Waals surface area contributed by atoms with Crippen molar-refractivity contribution in [1.29, 1.82) is 0 Å². The third kappa shape index (κ3) is 2.84. The summed E-state index contributed by atoms with van der Waals surface area (Å²) in [5.41, 5.74) is 1.01. The standard InChI is InChI=1S/C15H19N3O3/c19-14(11-2-1-3-11)18-6-4-17(5-7-18)13-8-12(15(20)21)9-16-10-13/h8-11H,1-7H2,(H,20,21). The zero-order valence-corrected chi connectivity index (χ0v) is 11.9. The van der Waals surface area contributed by atoms with Crippen molar-refractivity contribution in [3.05, 3.63) is 24.0 Å². The summed E-state index contributed by atoms with van der Waals surface area (Å²) < 4.78 is 0. The number of piperazine rings is 1. The lowest BCUT2D eigenvalue weighted by atomic mass is 9.84. The molecule has 0 spiro atoms. The number of aromatic carboxylic acids is 1. The van der Waals surface area contributed by atoms with E-state index in [1.54, 1.807) is 12.3 Å². The zero-order valence-electron chi connectivity index (χ0n) is 11.9. The second-order valence-electron chi connectivity index (χ2n) is 5.68. The molecule has 6 nitrogen and oxygen atoms in total. The van der Waals surface area contributed by atoms with Gasteiger partial charge in [-0.05, 0) is 18.9 Å². The maximum absolute atomic E-state index is 12.2. The number of anilines is 1. The van der Waals surface area contributed by atoms with Crippen LogP contribution >= 0.6 is 0 Å². The summed E-state index contributed by atoms with van der Waals surface area (Å²) in [6.07, 6.45) is 6.26. The highest BCUT2D eigenvalue weighted by Gasteiger charge is 2.31. The Labute approximate surface area is 123 Å². The van der Waals surface area contributed by atoms with E-state index in [9.17, 15) is 9.59 Å². The van der Waals surface area contributed by atoms with Crippen molar-refractivity contribution < 1.29 is 14.7 Å². The van der Waals surface area contributed by atoms with Crippen LogP contribution in [0, 0.1) is 5.92 Å². The largest absolute Gasteiger partial charge is 0.478 e. The van der Waals surface area contributed by atoms with Crippen LogP contribution in [0.15, 0.2) is 18.5 Å². The second kappa shape index (κ2) is 5.71. The van der Waals surface area contributed by atoms with Crippen LogP contribution in [0.3, 0.4) is 0 Å². The van der Waals surface area contributed by atoms with Gasteiger partial charge in [0.1, 0.15) is 0 Å². The maximum Gasteiger partial charge on any atom is 0.337 e. The molecule has 1 saturated carbocycles. The van der Waals surface area contributed by atoms with E-state index < -0.39 is 5.97 Å². The Hall–Kier alpha value is -2.11. The fourth-order valence-electron chi connectivity index (χ4n) is 2.82. The van der Waals surface area contributed by atoms with Crippen molar-refractivity contribution in [2.45, 2.75) is 19.3 Å². The van der Waals surface area contributed by atoms with Gasteiger partial charge < -0.3 is 14.9 Å². The van der Waals surface area contributed by atoms with E-state index in [0.717, 1.165) is 31.6 Å². The molecule has 1 aliphatic carbocycles. The Morgan fingerprint density at radius 3 is 2.43 bits per heavy atom. The second-order valence-corrected chi connectivity index (χ2v) is 5.68. The Bertz CT molecular complexity index is 549. The predicted molar refractivity (Wildman–Crippen MR) is 77.3 cm³/mol. The van der Waals surface area contributed by atoms with Crippen molar-refractivity contribution >= 4 is 17.6 Å². The number of nitrogens with zero attached hydrogens (tertiary/aromatic N) is 3. The average Bonchev–Trinajstić information content (AvgIpc) is 2.46. The molecule has 2 aliphatic rings. The molecule has 0 aromatic carbocycles. The number of pyridine rings is 1. The molecule has 1 saturated heterocycles. The lowest BCUT2D eigenvalue weighted by molar-refractivity contribution is -0.138. The highest BCUT2D eigenvalue weighted by atomic mass is 16.4. The third-order valence-electron chi connectivity index (χ3n) is 4.38. The van der Waals surface area contributed by atoms with Gasteiger partial charge in [-0.3, -0.25) is 9.78 Å². The van der Waals surface area contributed by atoms with E-state index in [1.165, 1.54) is 12.6 Å². The van der Waals surface area contributed by atoms with Gasteiger partial charge in [-0.1, -0.05) is 6.42 Å². The Morgan fingerprint density at radius 1 is 1.14 bits per heavy atom. The molecule has 2 heterocycles. The van der Waals surface area contributed by atoms with Gasteiger partial charge in [0.15, 0.2) is 0 Å². The van der Waals surface area contributed by atoms with Crippen LogP contribution in [0.1, 0.15) is 29.6 Å². The van der Waals surface area contributed by atoms with Crippen LogP contribution in [0.5, 0.6) is 0 Å². The molecule has 21 heavy (non-hydrogen) atoms. The molecule has 112 valence electrons. The van der Waals surface area contributed by atoms with Crippen molar-refractivity contribution in [2.24, 2.45) is 5.92 Å². The van der Waals surface area contributed by atoms with Crippen LogP contribution in [0.25, 0.3) is 0 Å². The average molecular weight is 289 g/mol. The molecular weight excluding hydrogens is 270 g/mol. The van der Waals surface area contributed by atoms with Crippen LogP contribution < -0.4 is 4.90 Å². The summed E-state index contributed by atoms with van der Waals surface area (Å²) in [4.78, 5) is 31.2. The normalized spacial score (nSPS) is 19.2. The van der Waals surface area contributed by atoms with Crippen LogP contribution in [-0.4, -0.2) is 53.0 Å². The monoisotopic (exact) mass is 289 g/mol. The van der Waals surface area contributed by atoms with Crippen LogP contribution in [-0.2, 0) is 4.79 Å². The Balaban J connectivity index is 1.61. The van der Waals surface area contributed by atoms with E-state index >= 15 is 0 Å². The first-order chi connectivity index (χ1) is 10.1. The number of carbonyl (C=O) groups is 2. The minimum absolute atomic E-state index is 0.195. The number of amides is 1. The summed E-state index contributed by atoms with van der Waals surface area (Å²) in [7, 11) is 0. The molecule has 2 fully saturated rings. The molecule has 3 rings (SSSR count). The molecule has 1 aromatic heterocycles. The first-order valence-electron chi connectivity index (χ1n) is 7.37. The third-order valence-corrected chi connectivity index (χ3v) is 4.38. The number of carboxylic acids is 1. The zero-order chi connectivity index (χ0) is 14.8. The lowest BCUT2D eigenvalue weighted by Crippen LogP contribution is -2.51. The van der Waals surface area contributed by atoms with Gasteiger partial charge in [0.25, 0.3) is 0 Å². The predicted octanol–water partition coefficient (Wildman–Crippen LogP) is 1.23. The van der Waals surface area contributed by atoms with E-state index in [1.807, 2.05) is 4.90 Å². The molecule has 0 bridgehead atoms. The van der Waals surface area contributed by atoms with E-state index in [0.29, 0.717) is 19.0 Å². The number of carboxylic acid groups (broad SMARTS) is 1. The molecular formula is C15H19N3O3. The van der Waals surface area contributed by atoms with Gasteiger partial charge in [-0.15, -0.1) is 0 Å². The van der Waals surface area contributed by atoms with Gasteiger partial charge in [0, 0.05) is 38.3 Å². The number of rotatable bonds is 3. The lowest BCUT2D eigenvalue weighted by Gasteiger charge is -2.39. The highest BCUT2D eigenvalue weighted by molar-refractivity contribution is 5.88. The summed E-state index contributed by atoms with van der Waals surface area (Å²) in [5, 5.41) is 9.01. The van der Waals surface area contributed by atoms with E-state index in [4.69, 9.17) is 5.11 Å². The quantitative estimate of drug-likeness (QED) is 0.906. The van der Waals surface area contributed by atoms with Gasteiger partial charge >= 0.3 is 5.97 Å². The maximum atomic E-state index is 12.2. The van der Waals surface area contributed by atoms with E-state index in [-0.39, 0.29) is 11.5 Å². The number of hydrogen-bond acceptors (Lipinski definition) is 4. The van der Waals surface area contributed by atoms with Gasteiger partial charge in [-0.25, -0.2) is 4.79 Å². The van der Waals surface area contributed by atoms with Crippen LogP contribution in [0.4, 0.5) is 5.69 Å². The number of hydrogen-bond donors (Lipinski definition) is 1. The van der Waals surface area contributed by atoms with Crippen molar-refractivity contribution in [2.75, 3.05) is 31.1 Å². The number of aromatic nitrogens is 1. The number of carbonyl (C=O) groups excluding carboxylic acids is 1. The van der Waals surface area contributed by atoms with Crippen molar-refractivity contribution in [3.63, 3.8) is 0 Å². The van der Waals surface area contributed by atoms with Crippen molar-refractivity contribution in [3.8, 4) is 0 Å². The molecule has 6 heteroatoms.